The van der Waals surface area contributed by atoms with Gasteiger partial charge in [0.1, 0.15) is 0 Å². The zero-order chi connectivity index (χ0) is 14.4. The van der Waals surface area contributed by atoms with Crippen molar-refractivity contribution in [2.75, 3.05) is 13.1 Å². The molecule has 2 rings (SSSR count). The monoisotopic (exact) mass is 276 g/mol. The normalized spacial score (nSPS) is 22.6. The van der Waals surface area contributed by atoms with Crippen LogP contribution in [0.2, 0.25) is 0 Å². The first-order valence-corrected chi connectivity index (χ1v) is 7.61. The van der Waals surface area contributed by atoms with Crippen LogP contribution in [0.25, 0.3) is 0 Å². The van der Waals surface area contributed by atoms with Gasteiger partial charge in [-0.2, -0.15) is 0 Å². The summed E-state index contributed by atoms with van der Waals surface area (Å²) in [6.45, 7) is 4.41. The molecule has 1 saturated carbocycles. The Labute approximate surface area is 120 Å². The molecule has 110 valence electrons. The molecule has 0 saturated heterocycles. The van der Waals surface area contributed by atoms with E-state index in [9.17, 15) is 10.1 Å². The first kappa shape index (κ1) is 15.0. The number of non-ortho nitro benzene ring substituents is 1. The summed E-state index contributed by atoms with van der Waals surface area (Å²) in [6, 6.07) is 6.86. The van der Waals surface area contributed by atoms with Crippen molar-refractivity contribution in [3.63, 3.8) is 0 Å². The third-order valence-corrected chi connectivity index (χ3v) is 4.43. The van der Waals surface area contributed by atoms with E-state index in [4.69, 9.17) is 0 Å². The van der Waals surface area contributed by atoms with E-state index in [-0.39, 0.29) is 10.6 Å². The summed E-state index contributed by atoms with van der Waals surface area (Å²) >= 11 is 0. The van der Waals surface area contributed by atoms with Gasteiger partial charge < -0.3 is 5.32 Å². The lowest BCUT2D eigenvalue weighted by Crippen LogP contribution is -2.30. The Morgan fingerprint density at radius 2 is 1.95 bits per heavy atom. The van der Waals surface area contributed by atoms with Crippen molar-refractivity contribution in [3.05, 3.63) is 39.9 Å². The number of nitro benzene ring substituents is 1. The lowest BCUT2D eigenvalue weighted by Gasteiger charge is -2.28. The van der Waals surface area contributed by atoms with Gasteiger partial charge in [0.05, 0.1) is 4.92 Å². The SMILES string of the molecule is CC1CCCCC1CNCCc1ccc([N+](=O)[O-])cc1. The summed E-state index contributed by atoms with van der Waals surface area (Å²) in [5.74, 6) is 1.66. The van der Waals surface area contributed by atoms with Crippen LogP contribution in [0.5, 0.6) is 0 Å². The number of hydrogen-bond donors (Lipinski definition) is 1. The van der Waals surface area contributed by atoms with Crippen LogP contribution in [0.15, 0.2) is 24.3 Å². The fraction of sp³-hybridized carbons (Fsp3) is 0.625. The molecule has 4 nitrogen and oxygen atoms in total. The van der Waals surface area contributed by atoms with Crippen molar-refractivity contribution >= 4 is 5.69 Å². The van der Waals surface area contributed by atoms with E-state index in [2.05, 4.69) is 12.2 Å². The third-order valence-electron chi connectivity index (χ3n) is 4.43. The molecule has 1 aromatic rings. The van der Waals surface area contributed by atoms with Gasteiger partial charge in [0.2, 0.25) is 0 Å². The Hall–Kier alpha value is -1.42. The largest absolute Gasteiger partial charge is 0.316 e. The minimum absolute atomic E-state index is 0.165. The summed E-state index contributed by atoms with van der Waals surface area (Å²) in [7, 11) is 0. The van der Waals surface area contributed by atoms with Crippen molar-refractivity contribution in [2.24, 2.45) is 11.8 Å². The van der Waals surface area contributed by atoms with E-state index < -0.39 is 0 Å². The molecule has 1 aromatic carbocycles. The summed E-state index contributed by atoms with van der Waals surface area (Å²) < 4.78 is 0. The van der Waals surface area contributed by atoms with Crippen LogP contribution in [0.1, 0.15) is 38.2 Å². The zero-order valence-corrected chi connectivity index (χ0v) is 12.2. The molecule has 4 heteroatoms. The highest BCUT2D eigenvalue weighted by atomic mass is 16.6. The summed E-state index contributed by atoms with van der Waals surface area (Å²) in [5.41, 5.74) is 1.32. The van der Waals surface area contributed by atoms with Crippen LogP contribution >= 0.6 is 0 Å². The lowest BCUT2D eigenvalue weighted by atomic mass is 9.80. The summed E-state index contributed by atoms with van der Waals surface area (Å²) in [6.07, 6.45) is 6.42. The van der Waals surface area contributed by atoms with E-state index in [1.54, 1.807) is 12.1 Å². The molecule has 1 N–H and O–H groups in total. The predicted octanol–water partition coefficient (Wildman–Crippen LogP) is 3.55. The first-order valence-electron chi connectivity index (χ1n) is 7.61. The molecule has 0 heterocycles. The predicted molar refractivity (Wildman–Crippen MR) is 80.8 cm³/mol. The number of nitrogens with zero attached hydrogens (tertiary/aromatic N) is 1. The van der Waals surface area contributed by atoms with E-state index in [0.717, 1.165) is 36.9 Å². The molecule has 0 aromatic heterocycles. The Morgan fingerprint density at radius 3 is 2.60 bits per heavy atom. The molecular weight excluding hydrogens is 252 g/mol. The quantitative estimate of drug-likeness (QED) is 0.491. The highest BCUT2D eigenvalue weighted by molar-refractivity contribution is 5.32. The smallest absolute Gasteiger partial charge is 0.269 e. The van der Waals surface area contributed by atoms with Gasteiger partial charge in [0.25, 0.3) is 5.69 Å². The highest BCUT2D eigenvalue weighted by Crippen LogP contribution is 2.28. The van der Waals surface area contributed by atoms with Crippen LogP contribution in [0.3, 0.4) is 0 Å². The van der Waals surface area contributed by atoms with Crippen molar-refractivity contribution in [1.29, 1.82) is 0 Å². The van der Waals surface area contributed by atoms with Crippen LogP contribution in [-0.4, -0.2) is 18.0 Å². The third kappa shape index (κ3) is 4.30. The second-order valence-corrected chi connectivity index (χ2v) is 5.90. The maximum Gasteiger partial charge on any atom is 0.269 e. The highest BCUT2D eigenvalue weighted by Gasteiger charge is 2.20. The molecule has 0 amide bonds. The fourth-order valence-electron chi connectivity index (χ4n) is 3.00. The number of benzene rings is 1. The van der Waals surface area contributed by atoms with Gasteiger partial charge >= 0.3 is 0 Å². The average molecular weight is 276 g/mol. The van der Waals surface area contributed by atoms with Crippen LogP contribution in [0, 0.1) is 22.0 Å². The molecule has 0 radical (unpaired) electrons. The van der Waals surface area contributed by atoms with E-state index >= 15 is 0 Å². The van der Waals surface area contributed by atoms with Gasteiger partial charge in [-0.15, -0.1) is 0 Å². The molecule has 0 spiro atoms. The second-order valence-electron chi connectivity index (χ2n) is 5.90. The van der Waals surface area contributed by atoms with E-state index in [1.165, 1.54) is 25.7 Å². The standard InChI is InChI=1S/C16H24N2O2/c1-13-4-2-3-5-15(13)12-17-11-10-14-6-8-16(9-7-14)18(19)20/h6-9,13,15,17H,2-5,10-12H2,1H3. The molecule has 2 atom stereocenters. The van der Waals surface area contributed by atoms with Crippen molar-refractivity contribution in [1.82, 2.24) is 5.32 Å². The first-order chi connectivity index (χ1) is 9.66. The fourth-order valence-corrected chi connectivity index (χ4v) is 3.00. The molecule has 0 aliphatic heterocycles. The molecule has 2 unspecified atom stereocenters. The van der Waals surface area contributed by atoms with Crippen LogP contribution in [0.4, 0.5) is 5.69 Å². The van der Waals surface area contributed by atoms with Gasteiger partial charge in [-0.05, 0) is 43.3 Å². The van der Waals surface area contributed by atoms with Crippen LogP contribution < -0.4 is 5.32 Å². The zero-order valence-electron chi connectivity index (χ0n) is 12.2. The molecule has 1 fully saturated rings. The summed E-state index contributed by atoms with van der Waals surface area (Å²) in [5, 5.41) is 14.1. The molecule has 20 heavy (non-hydrogen) atoms. The van der Waals surface area contributed by atoms with Gasteiger partial charge in [-0.3, -0.25) is 10.1 Å². The van der Waals surface area contributed by atoms with Gasteiger partial charge in [-0.25, -0.2) is 0 Å². The number of rotatable bonds is 6. The van der Waals surface area contributed by atoms with Crippen molar-refractivity contribution in [3.8, 4) is 0 Å². The summed E-state index contributed by atoms with van der Waals surface area (Å²) in [4.78, 5) is 10.2. The van der Waals surface area contributed by atoms with Gasteiger partial charge in [0, 0.05) is 12.1 Å². The molecule has 0 bridgehead atoms. The van der Waals surface area contributed by atoms with Crippen molar-refractivity contribution in [2.45, 2.75) is 39.0 Å². The Kier molecular flexibility index (Phi) is 5.53. The van der Waals surface area contributed by atoms with Gasteiger partial charge in [-0.1, -0.05) is 38.3 Å². The number of hydrogen-bond acceptors (Lipinski definition) is 3. The molecule has 1 aliphatic carbocycles. The number of nitro groups is 1. The topological polar surface area (TPSA) is 55.2 Å². The molecular formula is C16H24N2O2. The average Bonchev–Trinajstić information content (AvgIpc) is 2.46. The van der Waals surface area contributed by atoms with Gasteiger partial charge in [0.15, 0.2) is 0 Å². The minimum atomic E-state index is -0.355. The maximum atomic E-state index is 10.6. The van der Waals surface area contributed by atoms with Crippen LogP contribution in [-0.2, 0) is 6.42 Å². The molecule has 1 aliphatic rings. The van der Waals surface area contributed by atoms with E-state index in [1.807, 2.05) is 12.1 Å². The Bertz CT molecular complexity index is 431. The maximum absolute atomic E-state index is 10.6. The number of nitrogens with one attached hydrogen (secondary N) is 1. The lowest BCUT2D eigenvalue weighted by molar-refractivity contribution is -0.384. The second kappa shape index (κ2) is 7.39. The van der Waals surface area contributed by atoms with Crippen molar-refractivity contribution < 1.29 is 4.92 Å². The minimum Gasteiger partial charge on any atom is -0.316 e. The Morgan fingerprint density at radius 1 is 1.25 bits per heavy atom. The van der Waals surface area contributed by atoms with E-state index in [0.29, 0.717) is 0 Å². The Balaban J connectivity index is 1.69.